The third-order valence-electron chi connectivity index (χ3n) is 22.0. The van der Waals surface area contributed by atoms with Gasteiger partial charge in [0.1, 0.15) is 6.61 Å². The average molecular weight is 1620 g/mol. The molecule has 18 rings (SSSR count). The number of hydrogen-bond donors (Lipinski definition) is 11. The molecule has 12 heterocycles. The first kappa shape index (κ1) is 83.2. The summed E-state index contributed by atoms with van der Waals surface area (Å²) in [5.41, 5.74) is 7.29. The lowest BCUT2D eigenvalue weighted by Crippen LogP contribution is -2.37. The minimum atomic E-state index is -0.432. The Kier molecular flexibility index (Phi) is 26.7. The molecule has 35 heteroatoms. The summed E-state index contributed by atoms with van der Waals surface area (Å²) in [5.74, 6) is 0.554. The molecule has 6 aliphatic rings. The van der Waals surface area contributed by atoms with Gasteiger partial charge >= 0.3 is 34.1 Å². The van der Waals surface area contributed by atoms with E-state index in [1.165, 1.54) is 101 Å². The summed E-state index contributed by atoms with van der Waals surface area (Å²) in [6, 6.07) is 28.9. The lowest BCUT2D eigenvalue weighted by Gasteiger charge is -2.26. The molecule has 0 atom stereocenters. The van der Waals surface area contributed by atoms with Crippen molar-refractivity contribution in [1.29, 1.82) is 0 Å². The van der Waals surface area contributed by atoms with Crippen molar-refractivity contribution in [2.24, 2.45) is 47.3 Å². The van der Waals surface area contributed by atoms with Crippen molar-refractivity contribution in [2.75, 3.05) is 145 Å². The second-order valence-electron chi connectivity index (χ2n) is 30.0. The number of likely N-dealkylation sites (tertiary alicyclic amines) is 2. The average Bonchev–Trinajstić information content (AvgIpc) is 1.43. The van der Waals surface area contributed by atoms with E-state index in [1.54, 1.807) is 42.5 Å². The lowest BCUT2D eigenvalue weighted by molar-refractivity contribution is 0.0378. The Balaban J connectivity index is 0.000000123. The van der Waals surface area contributed by atoms with Gasteiger partial charge in [0, 0.05) is 128 Å². The highest BCUT2D eigenvalue weighted by Crippen LogP contribution is 2.28. The maximum Gasteiger partial charge on any atom is 0.328 e. The number of H-pyrrole nitrogens is 6. The SMILES string of the molecule is Cn1c(=O)[nH]c2c3c(ccc2c1=O)NCC3.Cn1c(=O)[nH]c2cc(C3=NCCO3)ccc2c1=O.Cn1c(=O)[nH]c2cc(NCCCN3CCCC3)ccc2c1=O.Cn1c(=O)[nH]c2cc(NCCCN3CCCCC3)ccc2c1=O.Cn1c(=O)[nH]c2cc(NCCCN3CCOCC3)ccc2c1=O.Cn1c(=O)[nH]c2cc3c(cc2c1=O)CCN3. The smallest absolute Gasteiger partial charge is 0.328 e. The van der Waals surface area contributed by atoms with Gasteiger partial charge in [0.15, 0.2) is 0 Å². The van der Waals surface area contributed by atoms with Crippen LogP contribution >= 0.6 is 0 Å². The van der Waals surface area contributed by atoms with Crippen molar-refractivity contribution < 1.29 is 9.47 Å². The molecule has 35 nitrogen and oxygen atoms in total. The molecule has 0 saturated carbocycles. The van der Waals surface area contributed by atoms with E-state index in [4.69, 9.17) is 9.47 Å². The first-order chi connectivity index (χ1) is 57.0. The Morgan fingerprint density at radius 3 is 1.19 bits per heavy atom. The Morgan fingerprint density at radius 1 is 0.364 bits per heavy atom. The Hall–Kier alpha value is -12.7. The third-order valence-corrected chi connectivity index (χ3v) is 22.0. The molecule has 0 spiro atoms. The fourth-order valence-corrected chi connectivity index (χ4v) is 15.1. The molecular weight excluding hydrogens is 1520 g/mol. The van der Waals surface area contributed by atoms with Gasteiger partial charge in [-0.1, -0.05) is 6.42 Å². The van der Waals surface area contributed by atoms with Gasteiger partial charge in [0.05, 0.1) is 85.2 Å². The molecule has 0 radical (unpaired) electrons. The minimum absolute atomic E-state index is 0.242. The van der Waals surface area contributed by atoms with Gasteiger partial charge in [-0.25, -0.2) is 33.8 Å². The maximum atomic E-state index is 12.0. The molecule has 3 saturated heterocycles. The van der Waals surface area contributed by atoms with E-state index in [-0.39, 0.29) is 56.1 Å². The zero-order valence-electron chi connectivity index (χ0n) is 67.2. The largest absolute Gasteiger partial charge is 0.476 e. The number of nitrogens with zero attached hydrogens (tertiary/aromatic N) is 10. The molecule has 3 fully saturated rings. The molecular formula is C83H101N21O14. The second kappa shape index (κ2) is 37.9. The number of benzene rings is 6. The zero-order valence-corrected chi connectivity index (χ0v) is 67.2. The van der Waals surface area contributed by atoms with E-state index in [1.807, 2.05) is 54.6 Å². The number of aromatic amines is 6. The summed E-state index contributed by atoms with van der Waals surface area (Å²) in [6.45, 7) is 17.4. The van der Waals surface area contributed by atoms with Gasteiger partial charge in [0.2, 0.25) is 5.90 Å². The van der Waals surface area contributed by atoms with Crippen molar-refractivity contribution in [2.45, 2.75) is 64.2 Å². The third kappa shape index (κ3) is 19.5. The number of aliphatic imine (C=N–C) groups is 1. The number of fused-ring (bicyclic) bond motifs is 9. The Bertz CT molecular complexity index is 6380. The fraction of sp³-hybridized carbons (Fsp3) is 0.410. The van der Waals surface area contributed by atoms with Crippen LogP contribution in [-0.2, 0) is 64.6 Å². The van der Waals surface area contributed by atoms with Crippen molar-refractivity contribution in [3.8, 4) is 0 Å². The van der Waals surface area contributed by atoms with Crippen LogP contribution in [0, 0.1) is 0 Å². The van der Waals surface area contributed by atoms with Crippen LogP contribution < -0.4 is 94.1 Å². The summed E-state index contributed by atoms with van der Waals surface area (Å²) in [5, 5.41) is 19.7. The number of morpholine rings is 1. The predicted octanol–water partition coefficient (Wildman–Crippen LogP) is 3.39. The molecule has 0 unspecified atom stereocenters. The maximum absolute atomic E-state index is 12.0. The first-order valence-electron chi connectivity index (χ1n) is 40.0. The Labute approximate surface area is 673 Å². The molecule has 0 aliphatic carbocycles. The topological polar surface area (TPSA) is 430 Å². The highest BCUT2D eigenvalue weighted by atomic mass is 16.5. The molecule has 0 bridgehead atoms. The van der Waals surface area contributed by atoms with Crippen LogP contribution in [0.4, 0.5) is 28.4 Å². The quantitative estimate of drug-likeness (QED) is 0.0618. The number of anilines is 5. The molecule has 11 N–H and O–H groups in total. The normalized spacial score (nSPS) is 15.1. The molecule has 622 valence electrons. The van der Waals surface area contributed by atoms with Gasteiger partial charge in [-0.3, -0.25) is 61.1 Å². The molecule has 6 aromatic heterocycles. The van der Waals surface area contributed by atoms with E-state index >= 15 is 0 Å². The number of nitrogens with one attached hydrogen (secondary N) is 11. The summed E-state index contributed by atoms with van der Waals surface area (Å²) in [6.07, 6.45) is 11.6. The van der Waals surface area contributed by atoms with Crippen molar-refractivity contribution in [1.82, 2.24) is 72.0 Å². The number of rotatable bonds is 16. The van der Waals surface area contributed by atoms with Crippen LogP contribution in [0.25, 0.3) is 65.4 Å². The number of aromatic nitrogens is 12. The van der Waals surface area contributed by atoms with Crippen molar-refractivity contribution in [3.63, 3.8) is 0 Å². The summed E-state index contributed by atoms with van der Waals surface area (Å²) in [7, 11) is 8.83. The van der Waals surface area contributed by atoms with E-state index in [2.05, 4.69) is 76.2 Å². The molecule has 118 heavy (non-hydrogen) atoms. The predicted molar refractivity (Wildman–Crippen MR) is 463 cm³/mol. The van der Waals surface area contributed by atoms with Crippen LogP contribution in [0.2, 0.25) is 0 Å². The van der Waals surface area contributed by atoms with Crippen LogP contribution in [0.5, 0.6) is 0 Å². The van der Waals surface area contributed by atoms with Crippen LogP contribution in [0.15, 0.2) is 160 Å². The minimum Gasteiger partial charge on any atom is -0.476 e. The highest BCUT2D eigenvalue weighted by molar-refractivity contribution is 5.98. The molecule has 12 aromatic rings. The van der Waals surface area contributed by atoms with Gasteiger partial charge < -0.3 is 75.8 Å². The van der Waals surface area contributed by atoms with Gasteiger partial charge in [-0.2, -0.15) is 0 Å². The monoisotopic (exact) mass is 1620 g/mol. The van der Waals surface area contributed by atoms with Crippen LogP contribution in [0.3, 0.4) is 0 Å². The van der Waals surface area contributed by atoms with Crippen LogP contribution in [-0.4, -0.2) is 196 Å². The lowest BCUT2D eigenvalue weighted by atomic mass is 10.1. The zero-order chi connectivity index (χ0) is 83.3. The summed E-state index contributed by atoms with van der Waals surface area (Å²) >= 11 is 0. The Morgan fingerprint density at radius 2 is 0.737 bits per heavy atom. The summed E-state index contributed by atoms with van der Waals surface area (Å²) in [4.78, 5) is 169. The summed E-state index contributed by atoms with van der Waals surface area (Å²) < 4.78 is 17.2. The van der Waals surface area contributed by atoms with E-state index < -0.39 is 11.4 Å². The van der Waals surface area contributed by atoms with Crippen molar-refractivity contribution >= 4 is 99.8 Å². The van der Waals surface area contributed by atoms with Crippen molar-refractivity contribution in [3.05, 3.63) is 239 Å². The van der Waals surface area contributed by atoms with Gasteiger partial charge in [-0.15, -0.1) is 0 Å². The number of ether oxygens (including phenoxy) is 2. The molecule has 6 aliphatic heterocycles. The second-order valence-corrected chi connectivity index (χ2v) is 30.0. The number of piperidine rings is 1. The standard InChI is InChI=1S/C17H24N4O2.C16H22N4O3.C16H22N4O2.C12H11N3O3.2C11H11N3O2/c1-20-16(22)14-7-6-13(12-15(14)19-17(20)23)18-8-5-11-21-9-3-2-4-10-21;1-19-15(21)13-4-3-12(11-14(13)18-16(19)22)17-5-2-6-20-7-9-23-10-8-20;1-19-15(21)13-6-5-12(11-14(13)18-16(19)22)17-7-4-10-20-8-2-3-9-20;1-15-11(16)8-3-2-7(10-13-4-5-18-10)6-9(8)14-12(15)17;1-14-10(15)7-4-6-2-3-12-8(6)5-9(7)13-11(14)16;1-14-10(15)7-2-3-8-6(4-5-12-8)9(7)13-11(14)16/h6-7,12,18H,2-5,8-11H2,1H3,(H,19,23);3-4,11,17H,2,5-10H2,1H3,(H,18,22);5-6,11,17H,2-4,7-10H2,1H3,(H,18,22);2-3,6H,4-5H2,1H3,(H,14,17);4-5,12H,2-3H2,1H3,(H,13,16);2-3,12H,4-5H2,1H3,(H,13,16). The van der Waals surface area contributed by atoms with Gasteiger partial charge in [0.25, 0.3) is 33.4 Å². The highest BCUT2D eigenvalue weighted by Gasteiger charge is 2.20. The van der Waals surface area contributed by atoms with E-state index in [0.717, 1.165) is 183 Å². The first-order valence-corrected chi connectivity index (χ1v) is 40.0. The van der Waals surface area contributed by atoms with Gasteiger partial charge in [-0.05, 0) is 206 Å². The molecule has 0 amide bonds. The number of hydrogen-bond acceptors (Lipinski definition) is 23. The van der Waals surface area contributed by atoms with E-state index in [9.17, 15) is 57.5 Å². The van der Waals surface area contributed by atoms with Crippen LogP contribution in [0.1, 0.15) is 68.1 Å². The van der Waals surface area contributed by atoms with E-state index in [0.29, 0.717) is 84.5 Å². The molecule has 6 aromatic carbocycles. The fourth-order valence-electron chi connectivity index (χ4n) is 15.1.